The zero-order chi connectivity index (χ0) is 33.0. The van der Waals surface area contributed by atoms with E-state index in [2.05, 4.69) is 31.0 Å². The number of anilines is 1. The Balaban J connectivity index is 1.24. The van der Waals surface area contributed by atoms with Crippen molar-refractivity contribution < 1.29 is 32.6 Å². The Bertz CT molecular complexity index is 1400. The highest BCUT2D eigenvalue weighted by Crippen LogP contribution is 2.39. The van der Waals surface area contributed by atoms with Crippen molar-refractivity contribution in [2.45, 2.75) is 95.4 Å². The molecule has 1 aliphatic rings. The van der Waals surface area contributed by atoms with Gasteiger partial charge in [0.2, 0.25) is 11.5 Å². The molecule has 0 aliphatic heterocycles. The van der Waals surface area contributed by atoms with Gasteiger partial charge in [0.05, 0.1) is 22.0 Å². The molecule has 4 rings (SSSR count). The van der Waals surface area contributed by atoms with Crippen LogP contribution >= 0.6 is 22.7 Å². The van der Waals surface area contributed by atoms with Crippen molar-refractivity contribution in [3.63, 3.8) is 0 Å². The van der Waals surface area contributed by atoms with E-state index >= 15 is 0 Å². The monoisotopic (exact) mass is 678 g/mol. The summed E-state index contributed by atoms with van der Waals surface area (Å²) in [5, 5.41) is 17.6. The fourth-order valence-corrected chi connectivity index (χ4v) is 7.74. The Morgan fingerprint density at radius 1 is 1.02 bits per heavy atom. The van der Waals surface area contributed by atoms with Gasteiger partial charge in [0.1, 0.15) is 17.7 Å². The van der Waals surface area contributed by atoms with Crippen LogP contribution in [0.5, 0.6) is 0 Å². The Hall–Kier alpha value is -2.48. The third-order valence-electron chi connectivity index (χ3n) is 9.09. The molecule has 0 saturated heterocycles. The zero-order valence-corrected chi connectivity index (χ0v) is 29.5. The molecule has 1 amide bonds. The maximum Gasteiger partial charge on any atom is 0.349 e. The van der Waals surface area contributed by atoms with Crippen molar-refractivity contribution in [2.24, 2.45) is 0 Å². The fraction of sp³-hybridized carbons (Fsp3) is 0.515. The Morgan fingerprint density at radius 2 is 1.62 bits per heavy atom. The molecule has 2 heterocycles. The molecule has 3 aromatic rings. The van der Waals surface area contributed by atoms with Gasteiger partial charge in [-0.2, -0.15) is 0 Å². The van der Waals surface area contributed by atoms with Gasteiger partial charge in [0, 0.05) is 30.6 Å². The maximum atomic E-state index is 14.8. The molecule has 0 atom stereocenters. The van der Waals surface area contributed by atoms with E-state index in [1.54, 1.807) is 24.3 Å². The van der Waals surface area contributed by atoms with E-state index < -0.39 is 37.4 Å². The lowest BCUT2D eigenvalue weighted by atomic mass is 9.91. The van der Waals surface area contributed by atoms with Gasteiger partial charge in [-0.25, -0.2) is 13.6 Å². The fourth-order valence-electron chi connectivity index (χ4n) is 5.07. The summed E-state index contributed by atoms with van der Waals surface area (Å²) in [4.78, 5) is 29.0. The standard InChI is InChI=1S/C33H44F2N2O5S2Si/c1-32(2,3)45(5,6)41-21-22-19-26(35)27(20-25(22)34)36-30(38)15-16-37(4)23-11-13-24(14-12-23)42-31(39)33(40,28-9-7-17-43-28)29-10-8-18-44-29/h7-10,17-20,23-24,40H,11-16,21H2,1-6H3,(H,36,38)/t23-,24-. The first-order valence-corrected chi connectivity index (χ1v) is 19.9. The molecule has 246 valence electrons. The van der Waals surface area contributed by atoms with E-state index in [4.69, 9.17) is 9.16 Å². The van der Waals surface area contributed by atoms with E-state index in [1.807, 2.05) is 30.9 Å². The molecular formula is C33H44F2N2O5S2Si. The second kappa shape index (κ2) is 14.5. The van der Waals surface area contributed by atoms with E-state index in [-0.39, 0.29) is 41.5 Å². The van der Waals surface area contributed by atoms with Crippen LogP contribution in [0.4, 0.5) is 14.5 Å². The second-order valence-electron chi connectivity index (χ2n) is 13.3. The van der Waals surface area contributed by atoms with Crippen LogP contribution in [-0.2, 0) is 31.0 Å². The number of esters is 1. The van der Waals surface area contributed by atoms with Gasteiger partial charge in [-0.05, 0) is 79.8 Å². The predicted molar refractivity (Wildman–Crippen MR) is 178 cm³/mol. The molecule has 1 fully saturated rings. The van der Waals surface area contributed by atoms with E-state index in [1.165, 1.54) is 22.7 Å². The lowest BCUT2D eigenvalue weighted by Crippen LogP contribution is -2.42. The van der Waals surface area contributed by atoms with Gasteiger partial charge in [0.15, 0.2) is 8.32 Å². The number of halogens is 2. The molecule has 0 spiro atoms. The van der Waals surface area contributed by atoms with E-state index in [9.17, 15) is 23.5 Å². The Kier molecular flexibility index (Phi) is 11.4. The maximum absolute atomic E-state index is 14.8. The highest BCUT2D eigenvalue weighted by Gasteiger charge is 2.45. The van der Waals surface area contributed by atoms with Gasteiger partial charge in [0.25, 0.3) is 0 Å². The quantitative estimate of drug-likeness (QED) is 0.151. The summed E-state index contributed by atoms with van der Waals surface area (Å²) >= 11 is 2.62. The van der Waals surface area contributed by atoms with Crippen LogP contribution in [0.1, 0.15) is 68.2 Å². The average Bonchev–Trinajstić information content (AvgIpc) is 3.72. The first-order chi connectivity index (χ1) is 21.1. The number of nitrogens with zero attached hydrogens (tertiary/aromatic N) is 1. The van der Waals surface area contributed by atoms with Crippen molar-refractivity contribution in [1.29, 1.82) is 0 Å². The normalized spacial score (nSPS) is 17.8. The predicted octanol–water partition coefficient (Wildman–Crippen LogP) is 7.66. The zero-order valence-electron chi connectivity index (χ0n) is 26.8. The molecule has 7 nitrogen and oxygen atoms in total. The minimum absolute atomic E-state index is 0.0240. The van der Waals surface area contributed by atoms with Crippen LogP contribution in [0.3, 0.4) is 0 Å². The topological polar surface area (TPSA) is 88.1 Å². The van der Waals surface area contributed by atoms with Crippen LogP contribution in [0.25, 0.3) is 0 Å². The van der Waals surface area contributed by atoms with Crippen LogP contribution in [-0.4, -0.2) is 55.9 Å². The summed E-state index contributed by atoms with van der Waals surface area (Å²) in [5.74, 6) is -2.40. The molecular weight excluding hydrogens is 635 g/mol. The lowest BCUT2D eigenvalue weighted by Gasteiger charge is -2.36. The van der Waals surface area contributed by atoms with Gasteiger partial charge in [-0.1, -0.05) is 32.9 Å². The Morgan fingerprint density at radius 3 is 2.16 bits per heavy atom. The van der Waals surface area contributed by atoms with Crippen molar-refractivity contribution in [2.75, 3.05) is 18.9 Å². The number of carbonyl (C=O) groups excluding carboxylic acids is 2. The van der Waals surface area contributed by atoms with E-state index in [0.29, 0.717) is 29.1 Å². The smallest absolute Gasteiger partial charge is 0.349 e. The molecule has 1 aliphatic carbocycles. The highest BCUT2D eigenvalue weighted by atomic mass is 32.1. The lowest BCUT2D eigenvalue weighted by molar-refractivity contribution is -0.169. The summed E-state index contributed by atoms with van der Waals surface area (Å²) in [7, 11) is -0.214. The third-order valence-corrected chi connectivity index (χ3v) is 15.5. The number of hydrogen-bond donors (Lipinski definition) is 2. The number of amides is 1. The largest absolute Gasteiger partial charge is 0.460 e. The van der Waals surface area contributed by atoms with Gasteiger partial charge >= 0.3 is 5.97 Å². The number of thiophene rings is 2. The molecule has 1 aromatic carbocycles. The summed E-state index contributed by atoms with van der Waals surface area (Å²) in [6.07, 6.45) is 2.57. The van der Waals surface area contributed by atoms with E-state index in [0.717, 1.165) is 25.0 Å². The van der Waals surface area contributed by atoms with Crippen molar-refractivity contribution in [1.82, 2.24) is 4.90 Å². The molecule has 0 bridgehead atoms. The number of carbonyl (C=O) groups is 2. The van der Waals surface area contributed by atoms with Crippen LogP contribution < -0.4 is 5.32 Å². The molecule has 1 saturated carbocycles. The van der Waals surface area contributed by atoms with Crippen LogP contribution in [0.2, 0.25) is 18.1 Å². The molecule has 2 aromatic heterocycles. The number of rotatable bonds is 12. The SMILES string of the molecule is CN(CCC(=O)Nc1cc(F)c(CO[Si](C)(C)C(C)(C)C)cc1F)[C@H]1CC[C@H](OC(=O)C(O)(c2cccs2)c2cccs2)CC1. The van der Waals surface area contributed by atoms with Gasteiger partial charge in [-0.3, -0.25) is 4.79 Å². The van der Waals surface area contributed by atoms with Gasteiger partial charge in [-0.15, -0.1) is 22.7 Å². The van der Waals surface area contributed by atoms with Crippen LogP contribution in [0.15, 0.2) is 47.2 Å². The number of ether oxygens (including phenoxy) is 1. The molecule has 2 N–H and O–H groups in total. The van der Waals surface area contributed by atoms with Gasteiger partial charge < -0.3 is 24.5 Å². The molecule has 12 heteroatoms. The summed E-state index contributed by atoms with van der Waals surface area (Å²) in [6, 6.07) is 9.35. The average molecular weight is 679 g/mol. The Labute approximate surface area is 273 Å². The second-order valence-corrected chi connectivity index (χ2v) is 20.0. The minimum atomic E-state index is -2.14. The summed E-state index contributed by atoms with van der Waals surface area (Å²) < 4.78 is 41.5. The third kappa shape index (κ3) is 8.46. The van der Waals surface area contributed by atoms with Crippen molar-refractivity contribution in [3.8, 4) is 0 Å². The van der Waals surface area contributed by atoms with Crippen LogP contribution in [0, 0.1) is 11.6 Å². The molecule has 45 heavy (non-hydrogen) atoms. The molecule has 0 unspecified atom stereocenters. The summed E-state index contributed by atoms with van der Waals surface area (Å²) in [5.41, 5.74) is -1.90. The first-order valence-electron chi connectivity index (χ1n) is 15.2. The number of nitrogens with one attached hydrogen (secondary N) is 1. The molecule has 0 radical (unpaired) electrons. The number of aliphatic hydroxyl groups is 1. The number of benzene rings is 1. The first kappa shape index (κ1) is 35.4. The highest BCUT2D eigenvalue weighted by molar-refractivity contribution is 7.12. The van der Waals surface area contributed by atoms with Crippen molar-refractivity contribution in [3.05, 3.63) is 74.1 Å². The number of hydrogen-bond acceptors (Lipinski definition) is 8. The minimum Gasteiger partial charge on any atom is -0.460 e. The van der Waals surface area contributed by atoms with Crippen molar-refractivity contribution >= 4 is 48.6 Å². The summed E-state index contributed by atoms with van der Waals surface area (Å²) in [6.45, 7) is 10.7.